The van der Waals surface area contributed by atoms with Crippen LogP contribution in [0, 0.1) is 18.4 Å². The molecule has 3 aromatic rings. The summed E-state index contributed by atoms with van der Waals surface area (Å²) >= 11 is 0. The number of aromatic nitrogens is 2. The van der Waals surface area contributed by atoms with E-state index in [2.05, 4.69) is 32.0 Å². The molecule has 2 heterocycles. The average Bonchev–Trinajstić information content (AvgIpc) is 2.74. The predicted molar refractivity (Wildman–Crippen MR) is 116 cm³/mol. The van der Waals surface area contributed by atoms with Crippen LogP contribution in [0.25, 0.3) is 11.0 Å². The molecule has 0 amide bonds. The summed E-state index contributed by atoms with van der Waals surface area (Å²) in [5.74, 6) is 1.46. The molecule has 1 unspecified atom stereocenters. The van der Waals surface area contributed by atoms with Crippen LogP contribution >= 0.6 is 0 Å². The van der Waals surface area contributed by atoms with Gasteiger partial charge in [-0.1, -0.05) is 30.3 Å². The Balaban J connectivity index is 1.51. The number of aliphatic imine (C=N–C) groups is 1. The molecule has 2 aromatic carbocycles. The lowest BCUT2D eigenvalue weighted by Crippen LogP contribution is -2.56. The standard InChI is InChI=1S/C22H23N7/c1-16-7-3-4-8-18(16)27-22(25-15-23)29-12-11-28(14-17(29)2)21-13-24-19-9-5-6-10-20(19)26-21/h3-10,13,17H,11-12,14H2,1-2H3,(H,25,27). The number of rotatable bonds is 2. The minimum atomic E-state index is 0.153. The van der Waals surface area contributed by atoms with Crippen molar-refractivity contribution < 1.29 is 0 Å². The van der Waals surface area contributed by atoms with Crippen molar-refractivity contribution in [1.29, 1.82) is 5.26 Å². The number of aryl methyl sites for hydroxylation is 1. The second-order valence-electron chi connectivity index (χ2n) is 7.18. The second kappa shape index (κ2) is 8.15. The van der Waals surface area contributed by atoms with Crippen molar-refractivity contribution in [2.24, 2.45) is 4.99 Å². The smallest absolute Gasteiger partial charge is 0.214 e. The van der Waals surface area contributed by atoms with Gasteiger partial charge >= 0.3 is 0 Å². The molecule has 1 aliphatic heterocycles. The summed E-state index contributed by atoms with van der Waals surface area (Å²) < 4.78 is 0. The fourth-order valence-electron chi connectivity index (χ4n) is 3.63. The fraction of sp³-hybridized carbons (Fsp3) is 0.273. The van der Waals surface area contributed by atoms with Gasteiger partial charge in [-0.25, -0.2) is 4.98 Å². The van der Waals surface area contributed by atoms with Gasteiger partial charge in [-0.05, 0) is 37.6 Å². The van der Waals surface area contributed by atoms with Crippen LogP contribution in [-0.2, 0) is 0 Å². The lowest BCUT2D eigenvalue weighted by atomic mass is 10.2. The van der Waals surface area contributed by atoms with E-state index in [1.807, 2.05) is 67.8 Å². The Morgan fingerprint density at radius 1 is 1.14 bits per heavy atom. The first-order valence-corrected chi connectivity index (χ1v) is 9.68. The summed E-state index contributed by atoms with van der Waals surface area (Å²) in [6.07, 6.45) is 3.77. The second-order valence-corrected chi connectivity index (χ2v) is 7.18. The molecule has 4 rings (SSSR count). The van der Waals surface area contributed by atoms with Crippen LogP contribution < -0.4 is 10.2 Å². The third-order valence-electron chi connectivity index (χ3n) is 5.21. The van der Waals surface area contributed by atoms with Gasteiger partial charge < -0.3 is 15.1 Å². The summed E-state index contributed by atoms with van der Waals surface area (Å²) in [5, 5.41) is 12.5. The summed E-state index contributed by atoms with van der Waals surface area (Å²) in [6, 6.07) is 16.0. The Hall–Kier alpha value is -3.66. The van der Waals surface area contributed by atoms with E-state index in [4.69, 9.17) is 4.98 Å². The van der Waals surface area contributed by atoms with Gasteiger partial charge in [0.15, 0.2) is 0 Å². The van der Waals surface area contributed by atoms with Crippen LogP contribution in [-0.4, -0.2) is 46.5 Å². The molecule has 7 heteroatoms. The van der Waals surface area contributed by atoms with Crippen molar-refractivity contribution in [1.82, 2.24) is 14.9 Å². The Kier molecular flexibility index (Phi) is 5.25. The van der Waals surface area contributed by atoms with E-state index >= 15 is 0 Å². The molecule has 146 valence electrons. The number of fused-ring (bicyclic) bond motifs is 1. The van der Waals surface area contributed by atoms with Crippen LogP contribution in [0.1, 0.15) is 12.5 Å². The van der Waals surface area contributed by atoms with Crippen molar-refractivity contribution in [2.45, 2.75) is 19.9 Å². The number of nitrogens with one attached hydrogen (secondary N) is 1. The molecule has 0 saturated carbocycles. The minimum absolute atomic E-state index is 0.153. The monoisotopic (exact) mass is 385 g/mol. The lowest BCUT2D eigenvalue weighted by Gasteiger charge is -2.41. The number of benzene rings is 2. The maximum absolute atomic E-state index is 9.20. The predicted octanol–water partition coefficient (Wildman–Crippen LogP) is 3.40. The summed E-state index contributed by atoms with van der Waals surface area (Å²) in [5.41, 5.74) is 3.86. The zero-order valence-corrected chi connectivity index (χ0v) is 16.6. The van der Waals surface area contributed by atoms with Gasteiger partial charge in [0.25, 0.3) is 0 Å². The number of nitriles is 1. The lowest BCUT2D eigenvalue weighted by molar-refractivity contribution is 0.296. The average molecular weight is 385 g/mol. The molecule has 0 aliphatic carbocycles. The van der Waals surface area contributed by atoms with E-state index in [9.17, 15) is 5.26 Å². The molecule has 0 radical (unpaired) electrons. The fourth-order valence-corrected chi connectivity index (χ4v) is 3.63. The van der Waals surface area contributed by atoms with Crippen LogP contribution in [0.3, 0.4) is 0 Å². The Labute approximate surface area is 170 Å². The molecule has 29 heavy (non-hydrogen) atoms. The zero-order valence-electron chi connectivity index (χ0n) is 16.6. The first kappa shape index (κ1) is 18.7. The number of anilines is 2. The molecular weight excluding hydrogens is 362 g/mol. The maximum atomic E-state index is 9.20. The van der Waals surface area contributed by atoms with Crippen LogP contribution in [0.4, 0.5) is 11.5 Å². The van der Waals surface area contributed by atoms with E-state index < -0.39 is 0 Å². The Morgan fingerprint density at radius 2 is 1.90 bits per heavy atom. The van der Waals surface area contributed by atoms with Crippen molar-refractivity contribution in [3.05, 3.63) is 60.3 Å². The summed E-state index contributed by atoms with van der Waals surface area (Å²) in [7, 11) is 0. The zero-order chi connectivity index (χ0) is 20.2. The van der Waals surface area contributed by atoms with Gasteiger partial charge in [0.05, 0.1) is 17.2 Å². The normalized spacial score (nSPS) is 17.3. The van der Waals surface area contributed by atoms with Crippen LogP contribution in [0.2, 0.25) is 0 Å². The molecule has 1 aliphatic rings. The third kappa shape index (κ3) is 3.97. The Morgan fingerprint density at radius 3 is 2.66 bits per heavy atom. The van der Waals surface area contributed by atoms with Crippen molar-refractivity contribution in [3.63, 3.8) is 0 Å². The number of hydrogen-bond donors (Lipinski definition) is 1. The quantitative estimate of drug-likeness (QED) is 0.414. The molecule has 1 saturated heterocycles. The number of piperazine rings is 1. The van der Waals surface area contributed by atoms with Gasteiger partial charge in [-0.2, -0.15) is 5.26 Å². The van der Waals surface area contributed by atoms with Gasteiger partial charge in [-0.15, -0.1) is 4.99 Å². The van der Waals surface area contributed by atoms with Crippen LogP contribution in [0.5, 0.6) is 0 Å². The van der Waals surface area contributed by atoms with E-state index in [1.54, 1.807) is 0 Å². The molecule has 0 bridgehead atoms. The molecule has 1 N–H and O–H groups in total. The van der Waals surface area contributed by atoms with E-state index in [1.165, 1.54) is 0 Å². The molecule has 1 aromatic heterocycles. The number of para-hydroxylation sites is 3. The molecule has 1 atom stereocenters. The van der Waals surface area contributed by atoms with Crippen molar-refractivity contribution in [2.75, 3.05) is 29.9 Å². The molecular formula is C22H23N7. The third-order valence-corrected chi connectivity index (χ3v) is 5.21. The van der Waals surface area contributed by atoms with Gasteiger partial charge in [0.1, 0.15) is 5.82 Å². The van der Waals surface area contributed by atoms with Gasteiger partial charge in [0, 0.05) is 31.4 Å². The molecule has 0 spiro atoms. The van der Waals surface area contributed by atoms with Crippen molar-refractivity contribution in [3.8, 4) is 6.19 Å². The highest BCUT2D eigenvalue weighted by Crippen LogP contribution is 2.21. The minimum Gasteiger partial charge on any atom is -0.351 e. The highest BCUT2D eigenvalue weighted by molar-refractivity contribution is 5.95. The molecule has 1 fully saturated rings. The first-order valence-electron chi connectivity index (χ1n) is 9.68. The SMILES string of the molecule is Cc1ccccc1N/C(=N/C#N)N1CCN(c2cnc3ccccc3n2)CC1C. The highest BCUT2D eigenvalue weighted by Gasteiger charge is 2.27. The molecule has 7 nitrogen and oxygen atoms in total. The largest absolute Gasteiger partial charge is 0.351 e. The Bertz CT molecular complexity index is 1090. The van der Waals surface area contributed by atoms with E-state index in [0.29, 0.717) is 5.96 Å². The summed E-state index contributed by atoms with van der Waals surface area (Å²) in [4.78, 5) is 17.7. The van der Waals surface area contributed by atoms with Crippen LogP contribution in [0.15, 0.2) is 59.7 Å². The van der Waals surface area contributed by atoms with Crippen molar-refractivity contribution >= 4 is 28.5 Å². The summed E-state index contributed by atoms with van der Waals surface area (Å²) in [6.45, 7) is 6.44. The number of hydrogen-bond acceptors (Lipinski definition) is 5. The van der Waals surface area contributed by atoms with Gasteiger partial charge in [0.2, 0.25) is 12.2 Å². The topological polar surface area (TPSA) is 80.4 Å². The van der Waals surface area contributed by atoms with E-state index in [0.717, 1.165) is 47.7 Å². The first-order chi connectivity index (χ1) is 14.2. The highest BCUT2D eigenvalue weighted by atomic mass is 15.4. The van der Waals surface area contributed by atoms with E-state index in [-0.39, 0.29) is 6.04 Å². The maximum Gasteiger partial charge on any atom is 0.214 e. The number of guanidine groups is 1. The van der Waals surface area contributed by atoms with Gasteiger partial charge in [-0.3, -0.25) is 4.98 Å². The number of nitrogens with zero attached hydrogens (tertiary/aromatic N) is 6.